The van der Waals surface area contributed by atoms with Crippen LogP contribution in [-0.4, -0.2) is 24.2 Å². The molecule has 2 rings (SSSR count). The number of nitrogens with zero attached hydrogens (tertiary/aromatic N) is 1. The van der Waals surface area contributed by atoms with Crippen molar-refractivity contribution in [3.8, 4) is 11.5 Å². The molecular weight excluding hydrogens is 248 g/mol. The molecule has 0 aliphatic heterocycles. The average molecular weight is 266 g/mol. The fraction of sp³-hybridized carbons (Fsp3) is 0.538. The van der Waals surface area contributed by atoms with Gasteiger partial charge in [0.2, 0.25) is 0 Å². The number of rotatable bonds is 4. The molecule has 1 aromatic rings. The van der Waals surface area contributed by atoms with Crippen LogP contribution in [0.4, 0.5) is 5.69 Å². The van der Waals surface area contributed by atoms with Crippen molar-refractivity contribution in [3.63, 3.8) is 0 Å². The Kier molecular flexibility index (Phi) is 4.21. The SMILES string of the molecule is COc1ccc(OC2CCC(N)CC2)c([N+](=O)[O-])c1. The van der Waals surface area contributed by atoms with E-state index in [2.05, 4.69) is 0 Å². The molecule has 0 saturated heterocycles. The van der Waals surface area contributed by atoms with Gasteiger partial charge in [-0.25, -0.2) is 0 Å². The topological polar surface area (TPSA) is 87.6 Å². The van der Waals surface area contributed by atoms with Crippen molar-refractivity contribution in [1.29, 1.82) is 0 Å². The summed E-state index contributed by atoms with van der Waals surface area (Å²) < 4.78 is 10.7. The molecule has 104 valence electrons. The summed E-state index contributed by atoms with van der Waals surface area (Å²) >= 11 is 0. The molecule has 0 aromatic heterocycles. The number of nitrogens with two attached hydrogens (primary N) is 1. The van der Waals surface area contributed by atoms with Crippen LogP contribution in [0.15, 0.2) is 18.2 Å². The minimum Gasteiger partial charge on any atom is -0.496 e. The molecule has 0 atom stereocenters. The quantitative estimate of drug-likeness (QED) is 0.667. The van der Waals surface area contributed by atoms with Crippen molar-refractivity contribution >= 4 is 5.69 Å². The van der Waals surface area contributed by atoms with Crippen LogP contribution in [0, 0.1) is 10.1 Å². The first-order valence-electron chi connectivity index (χ1n) is 6.35. The molecule has 0 bridgehead atoms. The predicted octanol–water partition coefficient (Wildman–Crippen LogP) is 2.25. The summed E-state index contributed by atoms with van der Waals surface area (Å²) in [6.45, 7) is 0. The summed E-state index contributed by atoms with van der Waals surface area (Å²) in [4.78, 5) is 10.6. The highest BCUT2D eigenvalue weighted by molar-refractivity contribution is 5.51. The Labute approximate surface area is 111 Å². The van der Waals surface area contributed by atoms with E-state index in [0.29, 0.717) is 11.5 Å². The number of hydrogen-bond donors (Lipinski definition) is 1. The van der Waals surface area contributed by atoms with E-state index >= 15 is 0 Å². The lowest BCUT2D eigenvalue weighted by atomic mass is 9.94. The van der Waals surface area contributed by atoms with E-state index in [1.54, 1.807) is 12.1 Å². The normalized spacial score (nSPS) is 22.8. The van der Waals surface area contributed by atoms with Gasteiger partial charge >= 0.3 is 5.69 Å². The number of nitro groups is 1. The van der Waals surface area contributed by atoms with E-state index in [1.165, 1.54) is 13.2 Å². The van der Waals surface area contributed by atoms with Gasteiger partial charge in [0.1, 0.15) is 5.75 Å². The van der Waals surface area contributed by atoms with Crippen molar-refractivity contribution in [3.05, 3.63) is 28.3 Å². The highest BCUT2D eigenvalue weighted by Crippen LogP contribution is 2.33. The zero-order chi connectivity index (χ0) is 13.8. The van der Waals surface area contributed by atoms with Crippen LogP contribution < -0.4 is 15.2 Å². The maximum absolute atomic E-state index is 11.0. The number of nitro benzene ring substituents is 1. The largest absolute Gasteiger partial charge is 0.496 e. The Bertz CT molecular complexity index is 456. The van der Waals surface area contributed by atoms with Gasteiger partial charge in [-0.1, -0.05) is 0 Å². The van der Waals surface area contributed by atoms with Gasteiger partial charge in [0.25, 0.3) is 0 Å². The second-order valence-corrected chi connectivity index (χ2v) is 4.75. The monoisotopic (exact) mass is 266 g/mol. The van der Waals surface area contributed by atoms with Gasteiger partial charge in [0, 0.05) is 6.04 Å². The van der Waals surface area contributed by atoms with Gasteiger partial charge in [-0.2, -0.15) is 0 Å². The molecule has 6 heteroatoms. The van der Waals surface area contributed by atoms with Crippen molar-refractivity contribution in [1.82, 2.24) is 0 Å². The summed E-state index contributed by atoms with van der Waals surface area (Å²) in [6.07, 6.45) is 3.48. The number of benzene rings is 1. The Morgan fingerprint density at radius 3 is 2.58 bits per heavy atom. The molecule has 1 aliphatic rings. The fourth-order valence-corrected chi connectivity index (χ4v) is 2.25. The zero-order valence-electron chi connectivity index (χ0n) is 10.9. The molecule has 1 saturated carbocycles. The molecule has 0 amide bonds. The summed E-state index contributed by atoms with van der Waals surface area (Å²) in [6, 6.07) is 4.86. The van der Waals surface area contributed by atoms with Gasteiger partial charge in [0.05, 0.1) is 24.2 Å². The van der Waals surface area contributed by atoms with Crippen LogP contribution >= 0.6 is 0 Å². The molecule has 0 heterocycles. The lowest BCUT2D eigenvalue weighted by molar-refractivity contribution is -0.386. The number of hydrogen-bond acceptors (Lipinski definition) is 5. The van der Waals surface area contributed by atoms with Crippen molar-refractivity contribution in [2.75, 3.05) is 7.11 Å². The van der Waals surface area contributed by atoms with Crippen LogP contribution in [0.1, 0.15) is 25.7 Å². The molecular formula is C13H18N2O4. The molecule has 0 radical (unpaired) electrons. The maximum Gasteiger partial charge on any atom is 0.314 e. The smallest absolute Gasteiger partial charge is 0.314 e. The Balaban J connectivity index is 2.13. The lowest BCUT2D eigenvalue weighted by Gasteiger charge is -2.26. The Morgan fingerprint density at radius 2 is 2.00 bits per heavy atom. The van der Waals surface area contributed by atoms with Crippen LogP contribution in [0.3, 0.4) is 0 Å². The summed E-state index contributed by atoms with van der Waals surface area (Å²) in [7, 11) is 1.47. The van der Waals surface area contributed by atoms with E-state index < -0.39 is 4.92 Å². The van der Waals surface area contributed by atoms with Gasteiger partial charge in [-0.15, -0.1) is 0 Å². The van der Waals surface area contributed by atoms with Crippen molar-refractivity contribution in [2.45, 2.75) is 37.8 Å². The highest BCUT2D eigenvalue weighted by atomic mass is 16.6. The fourth-order valence-electron chi connectivity index (χ4n) is 2.25. The Hall–Kier alpha value is -1.82. The van der Waals surface area contributed by atoms with E-state index in [0.717, 1.165) is 25.7 Å². The van der Waals surface area contributed by atoms with E-state index in [1.807, 2.05) is 0 Å². The third-order valence-electron chi connectivity index (χ3n) is 3.38. The van der Waals surface area contributed by atoms with Crippen molar-refractivity contribution in [2.24, 2.45) is 5.73 Å². The molecule has 0 unspecified atom stereocenters. The number of ether oxygens (including phenoxy) is 2. The van der Waals surface area contributed by atoms with E-state index in [4.69, 9.17) is 15.2 Å². The predicted molar refractivity (Wildman–Crippen MR) is 70.5 cm³/mol. The summed E-state index contributed by atoms with van der Waals surface area (Å²) in [5.74, 6) is 0.746. The molecule has 0 spiro atoms. The lowest BCUT2D eigenvalue weighted by Crippen LogP contribution is -2.31. The third kappa shape index (κ3) is 3.35. The molecule has 2 N–H and O–H groups in total. The molecule has 19 heavy (non-hydrogen) atoms. The van der Waals surface area contributed by atoms with Gasteiger partial charge in [-0.3, -0.25) is 10.1 Å². The summed E-state index contributed by atoms with van der Waals surface area (Å²) in [5, 5.41) is 11.0. The first-order chi connectivity index (χ1) is 9.10. The average Bonchev–Trinajstić information content (AvgIpc) is 2.41. The highest BCUT2D eigenvalue weighted by Gasteiger charge is 2.24. The minimum absolute atomic E-state index is 0.00638. The zero-order valence-corrected chi connectivity index (χ0v) is 10.9. The molecule has 1 aliphatic carbocycles. The van der Waals surface area contributed by atoms with Crippen molar-refractivity contribution < 1.29 is 14.4 Å². The number of methoxy groups -OCH3 is 1. The minimum atomic E-state index is -0.452. The van der Waals surface area contributed by atoms with Crippen LogP contribution in [0.25, 0.3) is 0 Å². The summed E-state index contributed by atoms with van der Waals surface area (Å²) in [5.41, 5.74) is 5.77. The maximum atomic E-state index is 11.0. The Morgan fingerprint density at radius 1 is 1.32 bits per heavy atom. The second kappa shape index (κ2) is 5.88. The first kappa shape index (κ1) is 13.6. The van der Waals surface area contributed by atoms with Gasteiger partial charge in [0.15, 0.2) is 5.75 Å². The molecule has 6 nitrogen and oxygen atoms in total. The van der Waals surface area contributed by atoms with Crippen LogP contribution in [0.2, 0.25) is 0 Å². The second-order valence-electron chi connectivity index (χ2n) is 4.75. The molecule has 1 fully saturated rings. The standard InChI is InChI=1S/C13H18N2O4/c1-18-11-6-7-13(12(8-11)15(16)17)19-10-4-2-9(14)3-5-10/h6-10H,2-5,14H2,1H3. The van der Waals surface area contributed by atoms with Crippen LogP contribution in [0.5, 0.6) is 11.5 Å². The van der Waals surface area contributed by atoms with Gasteiger partial charge < -0.3 is 15.2 Å². The van der Waals surface area contributed by atoms with E-state index in [-0.39, 0.29) is 17.8 Å². The first-order valence-corrected chi connectivity index (χ1v) is 6.35. The third-order valence-corrected chi connectivity index (χ3v) is 3.38. The molecule has 1 aromatic carbocycles. The van der Waals surface area contributed by atoms with Crippen LogP contribution in [-0.2, 0) is 0 Å². The van der Waals surface area contributed by atoms with E-state index in [9.17, 15) is 10.1 Å². The van der Waals surface area contributed by atoms with Gasteiger partial charge in [-0.05, 0) is 37.8 Å².